The highest BCUT2D eigenvalue weighted by atomic mass is 35.5. The summed E-state index contributed by atoms with van der Waals surface area (Å²) in [5, 5.41) is 1.56. The first-order valence-electron chi connectivity index (χ1n) is 9.34. The van der Waals surface area contributed by atoms with Crippen LogP contribution >= 0.6 is 11.6 Å². The molecule has 146 valence electrons. The molecule has 0 spiro atoms. The van der Waals surface area contributed by atoms with Gasteiger partial charge in [0.05, 0.1) is 21.7 Å². The Morgan fingerprint density at radius 1 is 0.900 bits per heavy atom. The number of aryl methyl sites for hydroxylation is 1. The number of hydrogen-bond acceptors (Lipinski definition) is 3. The molecule has 5 rings (SSSR count). The summed E-state index contributed by atoms with van der Waals surface area (Å²) < 4.78 is 15.3. The fraction of sp³-hybridized carbons (Fsp3) is 0.0417. The van der Waals surface area contributed by atoms with Crippen LogP contribution in [0.3, 0.4) is 0 Å². The first kappa shape index (κ1) is 18.5. The van der Waals surface area contributed by atoms with Gasteiger partial charge in [0.2, 0.25) is 0 Å². The smallest absolute Gasteiger partial charge is 0.255 e. The molecule has 2 aromatic carbocycles. The molecule has 3 heterocycles. The topological polar surface area (TPSA) is 47.8 Å². The van der Waals surface area contributed by atoms with Gasteiger partial charge in [0.25, 0.3) is 5.56 Å². The molecule has 3 aromatic heterocycles. The van der Waals surface area contributed by atoms with Gasteiger partial charge in [0.1, 0.15) is 5.82 Å². The molecule has 30 heavy (non-hydrogen) atoms. The van der Waals surface area contributed by atoms with Crippen LogP contribution in [-0.4, -0.2) is 14.5 Å². The maximum atomic E-state index is 13.7. The third-order valence-electron chi connectivity index (χ3n) is 5.12. The van der Waals surface area contributed by atoms with Gasteiger partial charge >= 0.3 is 0 Å². The first-order chi connectivity index (χ1) is 14.5. The Balaban J connectivity index is 1.86. The van der Waals surface area contributed by atoms with Gasteiger partial charge in [0, 0.05) is 40.5 Å². The third-order valence-corrected chi connectivity index (χ3v) is 5.41. The summed E-state index contributed by atoms with van der Waals surface area (Å²) in [6.45, 7) is 1.94. The van der Waals surface area contributed by atoms with Crippen LogP contribution in [0, 0.1) is 12.7 Å². The number of halogens is 2. The normalized spacial score (nSPS) is 11.3. The summed E-state index contributed by atoms with van der Waals surface area (Å²) in [6, 6.07) is 17.3. The number of aromatic nitrogens is 3. The molecule has 0 aliphatic carbocycles. The van der Waals surface area contributed by atoms with Crippen molar-refractivity contribution in [2.24, 2.45) is 0 Å². The average Bonchev–Trinajstić information content (AvgIpc) is 2.76. The summed E-state index contributed by atoms with van der Waals surface area (Å²) >= 11 is 5.99. The molecule has 0 unspecified atom stereocenters. The molecule has 0 saturated heterocycles. The molecular weight excluding hydrogens is 401 g/mol. The fourth-order valence-corrected chi connectivity index (χ4v) is 3.78. The Kier molecular flexibility index (Phi) is 4.33. The molecule has 0 saturated carbocycles. The second-order valence-electron chi connectivity index (χ2n) is 7.09. The number of rotatable bonds is 2. The molecule has 0 atom stereocenters. The Morgan fingerprint density at radius 3 is 2.50 bits per heavy atom. The van der Waals surface area contributed by atoms with E-state index in [0.717, 1.165) is 33.1 Å². The van der Waals surface area contributed by atoms with E-state index in [2.05, 4.69) is 9.97 Å². The van der Waals surface area contributed by atoms with Crippen molar-refractivity contribution < 1.29 is 4.39 Å². The van der Waals surface area contributed by atoms with Crippen molar-refractivity contribution in [2.45, 2.75) is 6.92 Å². The van der Waals surface area contributed by atoms with Crippen LogP contribution in [-0.2, 0) is 0 Å². The SMILES string of the molecule is Cc1ccc(-c2ccc3ncc4ccc(=O)n(-c5ccc(F)c(Cl)c5)c4c3c2)cn1. The fourth-order valence-electron chi connectivity index (χ4n) is 3.61. The van der Waals surface area contributed by atoms with E-state index >= 15 is 0 Å². The minimum Gasteiger partial charge on any atom is -0.276 e. The molecule has 6 heteroatoms. The van der Waals surface area contributed by atoms with E-state index in [0.29, 0.717) is 11.2 Å². The third kappa shape index (κ3) is 3.04. The van der Waals surface area contributed by atoms with Gasteiger partial charge in [-0.2, -0.15) is 0 Å². The lowest BCUT2D eigenvalue weighted by atomic mass is 10.0. The zero-order valence-electron chi connectivity index (χ0n) is 15.9. The monoisotopic (exact) mass is 415 g/mol. The largest absolute Gasteiger partial charge is 0.276 e. The Hall–Kier alpha value is -3.57. The minimum absolute atomic E-state index is 0.0406. The molecule has 0 N–H and O–H groups in total. The predicted octanol–water partition coefficient (Wildman–Crippen LogP) is 5.70. The van der Waals surface area contributed by atoms with Crippen molar-refractivity contribution >= 4 is 33.4 Å². The van der Waals surface area contributed by atoms with E-state index in [1.165, 1.54) is 18.2 Å². The Bertz CT molecular complexity index is 1490. The van der Waals surface area contributed by atoms with Crippen LogP contribution < -0.4 is 5.56 Å². The molecule has 0 aliphatic rings. The van der Waals surface area contributed by atoms with E-state index in [-0.39, 0.29) is 10.6 Å². The van der Waals surface area contributed by atoms with Crippen LogP contribution in [0.15, 0.2) is 77.9 Å². The van der Waals surface area contributed by atoms with Gasteiger partial charge in [0.15, 0.2) is 0 Å². The summed E-state index contributed by atoms with van der Waals surface area (Å²) in [5.74, 6) is -0.533. The number of pyridine rings is 3. The standard InChI is InChI=1S/C24H15ClFN3O/c1-14-2-3-16(12-27-14)15-4-8-22-19(10-15)24-17(13-28-22)5-9-23(30)29(24)18-6-7-21(26)20(25)11-18/h2-13H,1H3. The molecule has 5 aromatic rings. The predicted molar refractivity (Wildman–Crippen MR) is 118 cm³/mol. The number of nitrogens with zero attached hydrogens (tertiary/aromatic N) is 3. The lowest BCUT2D eigenvalue weighted by molar-refractivity contribution is 0.628. The second-order valence-corrected chi connectivity index (χ2v) is 7.49. The van der Waals surface area contributed by atoms with Crippen molar-refractivity contribution in [2.75, 3.05) is 0 Å². The molecule has 0 radical (unpaired) electrons. The van der Waals surface area contributed by atoms with E-state index in [4.69, 9.17) is 11.6 Å². The summed E-state index contributed by atoms with van der Waals surface area (Å²) in [5.41, 5.74) is 4.56. The van der Waals surface area contributed by atoms with Gasteiger partial charge in [-0.1, -0.05) is 23.7 Å². The average molecular weight is 416 g/mol. The summed E-state index contributed by atoms with van der Waals surface area (Å²) in [7, 11) is 0. The highest BCUT2D eigenvalue weighted by Crippen LogP contribution is 2.30. The highest BCUT2D eigenvalue weighted by molar-refractivity contribution is 6.30. The van der Waals surface area contributed by atoms with Crippen molar-refractivity contribution in [1.29, 1.82) is 0 Å². The van der Waals surface area contributed by atoms with Gasteiger partial charge < -0.3 is 0 Å². The van der Waals surface area contributed by atoms with Crippen LogP contribution in [0.2, 0.25) is 5.02 Å². The number of hydrogen-bond donors (Lipinski definition) is 0. The van der Waals surface area contributed by atoms with Gasteiger partial charge in [-0.05, 0) is 55.0 Å². The lowest BCUT2D eigenvalue weighted by Gasteiger charge is -2.14. The molecule has 0 fully saturated rings. The highest BCUT2D eigenvalue weighted by Gasteiger charge is 2.13. The van der Waals surface area contributed by atoms with E-state index in [9.17, 15) is 9.18 Å². The van der Waals surface area contributed by atoms with E-state index < -0.39 is 5.82 Å². The van der Waals surface area contributed by atoms with Crippen molar-refractivity contribution in [3.8, 4) is 16.8 Å². The van der Waals surface area contributed by atoms with E-state index in [1.54, 1.807) is 22.9 Å². The van der Waals surface area contributed by atoms with Gasteiger partial charge in [-0.3, -0.25) is 19.3 Å². The summed E-state index contributed by atoms with van der Waals surface area (Å²) in [4.78, 5) is 21.8. The van der Waals surface area contributed by atoms with Gasteiger partial charge in [-0.25, -0.2) is 4.39 Å². The first-order valence-corrected chi connectivity index (χ1v) is 9.72. The van der Waals surface area contributed by atoms with Crippen LogP contribution in [0.5, 0.6) is 0 Å². The molecule has 4 nitrogen and oxygen atoms in total. The Labute approximate surface area is 176 Å². The van der Waals surface area contributed by atoms with Crippen LogP contribution in [0.4, 0.5) is 4.39 Å². The van der Waals surface area contributed by atoms with E-state index in [1.807, 2.05) is 43.5 Å². The van der Waals surface area contributed by atoms with Crippen molar-refractivity contribution in [1.82, 2.24) is 14.5 Å². The molecule has 0 amide bonds. The number of benzene rings is 2. The quantitative estimate of drug-likeness (QED) is 0.347. The van der Waals surface area contributed by atoms with Crippen LogP contribution in [0.1, 0.15) is 5.69 Å². The molecule has 0 bridgehead atoms. The summed E-state index contributed by atoms with van der Waals surface area (Å²) in [6.07, 6.45) is 3.55. The lowest BCUT2D eigenvalue weighted by Crippen LogP contribution is -2.17. The Morgan fingerprint density at radius 2 is 1.73 bits per heavy atom. The second kappa shape index (κ2) is 7.04. The molecular formula is C24H15ClFN3O. The van der Waals surface area contributed by atoms with Crippen molar-refractivity contribution in [3.05, 3.63) is 99.9 Å². The number of fused-ring (bicyclic) bond motifs is 3. The maximum Gasteiger partial charge on any atom is 0.255 e. The zero-order chi connectivity index (χ0) is 20.8. The zero-order valence-corrected chi connectivity index (χ0v) is 16.7. The minimum atomic E-state index is -0.533. The maximum absolute atomic E-state index is 13.7. The molecule has 0 aliphatic heterocycles. The van der Waals surface area contributed by atoms with Crippen molar-refractivity contribution in [3.63, 3.8) is 0 Å². The van der Waals surface area contributed by atoms with Crippen LogP contribution in [0.25, 0.3) is 38.6 Å². The van der Waals surface area contributed by atoms with Gasteiger partial charge in [-0.15, -0.1) is 0 Å².